The highest BCUT2D eigenvalue weighted by Gasteiger charge is 2.18. The summed E-state index contributed by atoms with van der Waals surface area (Å²) in [5.74, 6) is -0.773. The zero-order valence-electron chi connectivity index (χ0n) is 10.5. The van der Waals surface area contributed by atoms with Gasteiger partial charge in [0.2, 0.25) is 0 Å². The third-order valence-corrected chi connectivity index (χ3v) is 3.62. The lowest BCUT2D eigenvalue weighted by molar-refractivity contribution is 0.610. The number of nitrogens with one attached hydrogen (secondary N) is 1. The standard InChI is InChI=1S/C16H15F2N/c17-14-5-2-1-4-12(14)13-10-11(7-8-15(13)18)16-6-3-9-19-16/h1-2,4-5,7-8,10,16,19H,3,6,9H2. The highest BCUT2D eigenvalue weighted by molar-refractivity contribution is 5.65. The van der Waals surface area contributed by atoms with Crippen LogP contribution < -0.4 is 5.32 Å². The van der Waals surface area contributed by atoms with Crippen LogP contribution in [0.4, 0.5) is 8.78 Å². The molecule has 3 rings (SSSR count). The van der Waals surface area contributed by atoms with Gasteiger partial charge in [-0.1, -0.05) is 24.3 Å². The van der Waals surface area contributed by atoms with Crippen molar-refractivity contribution in [3.05, 3.63) is 59.7 Å². The smallest absolute Gasteiger partial charge is 0.131 e. The van der Waals surface area contributed by atoms with Gasteiger partial charge in [-0.3, -0.25) is 0 Å². The van der Waals surface area contributed by atoms with Crippen LogP contribution in [0.2, 0.25) is 0 Å². The Morgan fingerprint density at radius 1 is 0.947 bits per heavy atom. The molecule has 2 aromatic carbocycles. The van der Waals surface area contributed by atoms with Crippen LogP contribution >= 0.6 is 0 Å². The lowest BCUT2D eigenvalue weighted by atomic mass is 9.98. The maximum Gasteiger partial charge on any atom is 0.131 e. The molecule has 98 valence electrons. The molecule has 2 aromatic rings. The van der Waals surface area contributed by atoms with Crippen molar-refractivity contribution in [1.82, 2.24) is 5.32 Å². The largest absolute Gasteiger partial charge is 0.310 e. The van der Waals surface area contributed by atoms with E-state index in [9.17, 15) is 8.78 Å². The molecule has 1 heterocycles. The lowest BCUT2D eigenvalue weighted by Gasteiger charge is -2.13. The predicted molar refractivity (Wildman–Crippen MR) is 71.8 cm³/mol. The second-order valence-electron chi connectivity index (χ2n) is 4.87. The molecule has 0 spiro atoms. The molecule has 1 aliphatic rings. The topological polar surface area (TPSA) is 12.0 Å². The van der Waals surface area contributed by atoms with E-state index < -0.39 is 5.82 Å². The molecule has 0 bridgehead atoms. The number of benzene rings is 2. The van der Waals surface area contributed by atoms with Gasteiger partial charge in [0.25, 0.3) is 0 Å². The molecule has 1 nitrogen and oxygen atoms in total. The molecule has 19 heavy (non-hydrogen) atoms. The van der Waals surface area contributed by atoms with Crippen molar-refractivity contribution in [3.8, 4) is 11.1 Å². The molecule has 1 fully saturated rings. The van der Waals surface area contributed by atoms with Gasteiger partial charge in [0.15, 0.2) is 0 Å². The molecule has 1 aliphatic heterocycles. The molecule has 3 heteroatoms. The minimum atomic E-state index is -0.391. The average molecular weight is 259 g/mol. The summed E-state index contributed by atoms with van der Waals surface area (Å²) in [7, 11) is 0. The van der Waals surface area contributed by atoms with Gasteiger partial charge in [0.05, 0.1) is 0 Å². The summed E-state index contributed by atoms with van der Waals surface area (Å²) >= 11 is 0. The number of hydrogen-bond donors (Lipinski definition) is 1. The molecule has 1 N–H and O–H groups in total. The molecule has 0 aromatic heterocycles. The van der Waals surface area contributed by atoms with E-state index in [1.54, 1.807) is 30.3 Å². The van der Waals surface area contributed by atoms with E-state index >= 15 is 0 Å². The van der Waals surface area contributed by atoms with Crippen LogP contribution in [0.5, 0.6) is 0 Å². The summed E-state index contributed by atoms with van der Waals surface area (Å²) in [5.41, 5.74) is 1.68. The van der Waals surface area contributed by atoms with Gasteiger partial charge in [0.1, 0.15) is 11.6 Å². The van der Waals surface area contributed by atoms with Crippen molar-refractivity contribution in [2.75, 3.05) is 6.54 Å². The van der Waals surface area contributed by atoms with Gasteiger partial charge in [0, 0.05) is 17.2 Å². The minimum Gasteiger partial charge on any atom is -0.310 e. The fraction of sp³-hybridized carbons (Fsp3) is 0.250. The van der Waals surface area contributed by atoms with Crippen molar-refractivity contribution in [2.45, 2.75) is 18.9 Å². The third-order valence-electron chi connectivity index (χ3n) is 3.62. The molecular weight excluding hydrogens is 244 g/mol. The summed E-state index contributed by atoms with van der Waals surface area (Å²) < 4.78 is 27.7. The van der Waals surface area contributed by atoms with E-state index in [0.29, 0.717) is 11.1 Å². The normalized spacial score (nSPS) is 18.7. The zero-order chi connectivity index (χ0) is 13.2. The predicted octanol–water partition coefficient (Wildman–Crippen LogP) is 4.06. The fourth-order valence-corrected chi connectivity index (χ4v) is 2.61. The van der Waals surface area contributed by atoms with Crippen molar-refractivity contribution in [3.63, 3.8) is 0 Å². The quantitative estimate of drug-likeness (QED) is 0.857. The van der Waals surface area contributed by atoms with E-state index in [0.717, 1.165) is 24.9 Å². The maximum absolute atomic E-state index is 13.9. The Morgan fingerprint density at radius 2 is 1.74 bits per heavy atom. The van der Waals surface area contributed by atoms with Crippen molar-refractivity contribution >= 4 is 0 Å². The van der Waals surface area contributed by atoms with Crippen LogP contribution in [0.25, 0.3) is 11.1 Å². The summed E-state index contributed by atoms with van der Waals surface area (Å²) in [6.45, 7) is 0.983. The lowest BCUT2D eigenvalue weighted by Crippen LogP contribution is -2.13. The first-order valence-electron chi connectivity index (χ1n) is 6.53. The maximum atomic E-state index is 13.9. The monoisotopic (exact) mass is 259 g/mol. The molecule has 1 saturated heterocycles. The molecule has 1 atom stereocenters. The molecule has 0 saturated carbocycles. The van der Waals surface area contributed by atoms with Crippen LogP contribution in [0.15, 0.2) is 42.5 Å². The number of halogens is 2. The van der Waals surface area contributed by atoms with Gasteiger partial charge in [-0.05, 0) is 43.1 Å². The highest BCUT2D eigenvalue weighted by atomic mass is 19.1. The average Bonchev–Trinajstić information content (AvgIpc) is 2.94. The number of rotatable bonds is 2. The van der Waals surface area contributed by atoms with Crippen LogP contribution in [0.3, 0.4) is 0 Å². The van der Waals surface area contributed by atoms with Crippen LogP contribution in [0, 0.1) is 11.6 Å². The van der Waals surface area contributed by atoms with E-state index in [4.69, 9.17) is 0 Å². The first kappa shape index (κ1) is 12.3. The molecule has 0 aliphatic carbocycles. The Kier molecular flexibility index (Phi) is 3.30. The first-order chi connectivity index (χ1) is 9.25. The minimum absolute atomic E-state index is 0.256. The van der Waals surface area contributed by atoms with Gasteiger partial charge in [-0.2, -0.15) is 0 Å². The Balaban J connectivity index is 2.05. The fourth-order valence-electron chi connectivity index (χ4n) is 2.61. The zero-order valence-corrected chi connectivity index (χ0v) is 10.5. The Bertz CT molecular complexity index is 589. The Labute approximate surface area is 111 Å². The summed E-state index contributed by atoms with van der Waals surface area (Å²) in [6, 6.07) is 11.5. The number of hydrogen-bond acceptors (Lipinski definition) is 1. The van der Waals surface area contributed by atoms with E-state index in [-0.39, 0.29) is 11.9 Å². The van der Waals surface area contributed by atoms with E-state index in [1.807, 2.05) is 0 Å². The van der Waals surface area contributed by atoms with Gasteiger partial charge in [-0.25, -0.2) is 8.78 Å². The van der Waals surface area contributed by atoms with Crippen LogP contribution in [-0.4, -0.2) is 6.54 Å². The summed E-state index contributed by atoms with van der Waals surface area (Å²) in [6.07, 6.45) is 2.17. The van der Waals surface area contributed by atoms with Crippen molar-refractivity contribution in [1.29, 1.82) is 0 Å². The SMILES string of the molecule is Fc1ccccc1-c1cc(C2CCCN2)ccc1F. The molecule has 1 unspecified atom stereocenters. The van der Waals surface area contributed by atoms with Crippen LogP contribution in [0.1, 0.15) is 24.4 Å². The van der Waals surface area contributed by atoms with Crippen LogP contribution in [-0.2, 0) is 0 Å². The molecular formula is C16H15F2N. The van der Waals surface area contributed by atoms with Gasteiger partial charge < -0.3 is 5.32 Å². The Morgan fingerprint density at radius 3 is 2.47 bits per heavy atom. The first-order valence-corrected chi connectivity index (χ1v) is 6.53. The second-order valence-corrected chi connectivity index (χ2v) is 4.87. The Hall–Kier alpha value is -1.74. The van der Waals surface area contributed by atoms with Gasteiger partial charge >= 0.3 is 0 Å². The molecule has 0 amide bonds. The van der Waals surface area contributed by atoms with Crippen molar-refractivity contribution < 1.29 is 8.78 Å². The van der Waals surface area contributed by atoms with E-state index in [2.05, 4.69) is 5.32 Å². The summed E-state index contributed by atoms with van der Waals surface area (Å²) in [4.78, 5) is 0. The second kappa shape index (κ2) is 5.10. The highest BCUT2D eigenvalue weighted by Crippen LogP contribution is 2.30. The van der Waals surface area contributed by atoms with Gasteiger partial charge in [-0.15, -0.1) is 0 Å². The molecule has 0 radical (unpaired) electrons. The van der Waals surface area contributed by atoms with E-state index in [1.165, 1.54) is 12.1 Å². The third kappa shape index (κ3) is 2.38. The van der Waals surface area contributed by atoms with Crippen molar-refractivity contribution in [2.24, 2.45) is 0 Å². The summed E-state index contributed by atoms with van der Waals surface area (Å²) in [5, 5.41) is 3.37.